The van der Waals surface area contributed by atoms with Crippen LogP contribution in [0.5, 0.6) is 0 Å². The number of primary amides is 1. The van der Waals surface area contributed by atoms with Crippen LogP contribution in [0.3, 0.4) is 0 Å². The summed E-state index contributed by atoms with van der Waals surface area (Å²) < 4.78 is 0. The van der Waals surface area contributed by atoms with E-state index >= 15 is 0 Å². The largest absolute Gasteiger partial charge is 0.369 e. The van der Waals surface area contributed by atoms with E-state index in [2.05, 4.69) is 4.98 Å². The number of rotatable bonds is 4. The molecule has 0 radical (unpaired) electrons. The van der Waals surface area contributed by atoms with Gasteiger partial charge in [-0.05, 0) is 24.6 Å². The van der Waals surface area contributed by atoms with Crippen LogP contribution >= 0.6 is 0 Å². The van der Waals surface area contributed by atoms with Crippen LogP contribution in [0.4, 0.5) is 0 Å². The third kappa shape index (κ3) is 2.43. The average Bonchev–Trinajstić information content (AvgIpc) is 3.00. The number of hydroxylamine groups is 2. The van der Waals surface area contributed by atoms with Gasteiger partial charge < -0.3 is 15.6 Å². The number of nitrogens with zero attached hydrogens (tertiary/aromatic N) is 1. The van der Waals surface area contributed by atoms with Crippen LogP contribution in [0.2, 0.25) is 0 Å². The lowest BCUT2D eigenvalue weighted by molar-refractivity contribution is -0.117. The standard InChI is InChI=1S/C16H13N3O5/c1-8-7-18-11(6-12(17)20)13(8)16(23)24-19-14(21)9-4-2-3-5-10(9)15(19)22/h2-5,7,18H,6H2,1H3,(H2,17,20). The molecular weight excluding hydrogens is 314 g/mol. The minimum atomic E-state index is -0.917. The number of imide groups is 1. The number of aryl methyl sites for hydroxylation is 1. The van der Waals surface area contributed by atoms with E-state index < -0.39 is 23.7 Å². The van der Waals surface area contributed by atoms with Gasteiger partial charge in [-0.2, -0.15) is 0 Å². The number of hydrogen-bond acceptors (Lipinski definition) is 5. The topological polar surface area (TPSA) is 123 Å². The monoisotopic (exact) mass is 327 g/mol. The Labute approximate surface area is 136 Å². The number of nitrogens with one attached hydrogen (secondary N) is 1. The van der Waals surface area contributed by atoms with Crippen molar-refractivity contribution in [2.45, 2.75) is 13.3 Å². The second-order valence-corrected chi connectivity index (χ2v) is 5.30. The fourth-order valence-electron chi connectivity index (χ4n) is 2.55. The van der Waals surface area contributed by atoms with Crippen LogP contribution in [-0.2, 0) is 16.1 Å². The van der Waals surface area contributed by atoms with Crippen LogP contribution < -0.4 is 5.73 Å². The quantitative estimate of drug-likeness (QED) is 0.801. The highest BCUT2D eigenvalue weighted by Gasteiger charge is 2.39. The Bertz CT molecular complexity index is 849. The molecule has 1 aliphatic rings. The highest BCUT2D eigenvalue weighted by Crippen LogP contribution is 2.24. The second-order valence-electron chi connectivity index (χ2n) is 5.30. The smallest absolute Gasteiger partial charge is 0.366 e. The molecule has 3 N–H and O–H groups in total. The lowest BCUT2D eigenvalue weighted by Crippen LogP contribution is -2.33. The van der Waals surface area contributed by atoms with E-state index in [1.54, 1.807) is 19.1 Å². The van der Waals surface area contributed by atoms with E-state index in [4.69, 9.17) is 10.6 Å². The van der Waals surface area contributed by atoms with Gasteiger partial charge in [0.2, 0.25) is 5.91 Å². The van der Waals surface area contributed by atoms with Gasteiger partial charge in [0, 0.05) is 11.9 Å². The van der Waals surface area contributed by atoms with E-state index in [0.29, 0.717) is 10.6 Å². The van der Waals surface area contributed by atoms with Gasteiger partial charge in [-0.25, -0.2) is 4.79 Å². The number of carbonyl (C=O) groups excluding carboxylic acids is 4. The molecule has 1 aromatic carbocycles. The van der Waals surface area contributed by atoms with E-state index in [1.807, 2.05) is 0 Å². The van der Waals surface area contributed by atoms with Crippen LogP contribution in [-0.4, -0.2) is 33.7 Å². The summed E-state index contributed by atoms with van der Waals surface area (Å²) in [7, 11) is 0. The number of carbonyl (C=O) groups is 4. The van der Waals surface area contributed by atoms with E-state index in [-0.39, 0.29) is 28.8 Å². The lowest BCUT2D eigenvalue weighted by atomic mass is 10.1. The van der Waals surface area contributed by atoms with Crippen molar-refractivity contribution in [2.24, 2.45) is 5.73 Å². The van der Waals surface area contributed by atoms with E-state index in [9.17, 15) is 19.2 Å². The summed E-state index contributed by atoms with van der Waals surface area (Å²) in [6.07, 6.45) is 1.32. The zero-order valence-electron chi connectivity index (χ0n) is 12.7. The van der Waals surface area contributed by atoms with Gasteiger partial charge in [-0.1, -0.05) is 17.2 Å². The molecule has 0 unspecified atom stereocenters. The van der Waals surface area contributed by atoms with Gasteiger partial charge >= 0.3 is 5.97 Å². The Morgan fingerprint density at radius 1 is 1.17 bits per heavy atom. The summed E-state index contributed by atoms with van der Waals surface area (Å²) in [5, 5.41) is 0.424. The third-order valence-electron chi connectivity index (χ3n) is 3.65. The van der Waals surface area contributed by atoms with Gasteiger partial charge in [-0.15, -0.1) is 0 Å². The first-order valence-electron chi connectivity index (χ1n) is 7.05. The molecule has 8 heteroatoms. The summed E-state index contributed by atoms with van der Waals surface area (Å²) in [4.78, 5) is 55.6. The second kappa shape index (κ2) is 5.65. The lowest BCUT2D eigenvalue weighted by Gasteiger charge is -2.13. The number of aromatic nitrogens is 1. The van der Waals surface area contributed by atoms with Crippen molar-refractivity contribution in [1.29, 1.82) is 0 Å². The minimum absolute atomic E-state index is 0.0744. The van der Waals surface area contributed by atoms with Gasteiger partial charge in [0.15, 0.2) is 0 Å². The molecule has 1 aromatic heterocycles. The molecule has 0 aliphatic carbocycles. The SMILES string of the molecule is Cc1c[nH]c(CC(N)=O)c1C(=O)ON1C(=O)c2ccccc2C1=O. The number of aromatic amines is 1. The van der Waals surface area contributed by atoms with Crippen molar-refractivity contribution in [2.75, 3.05) is 0 Å². The van der Waals surface area contributed by atoms with Crippen LogP contribution in [0.25, 0.3) is 0 Å². The van der Waals surface area contributed by atoms with Crippen molar-refractivity contribution in [3.8, 4) is 0 Å². The molecule has 0 saturated carbocycles. The summed E-state index contributed by atoms with van der Waals surface area (Å²) >= 11 is 0. The Morgan fingerprint density at radius 2 is 1.75 bits per heavy atom. The molecule has 2 aromatic rings. The molecule has 0 saturated heterocycles. The molecule has 24 heavy (non-hydrogen) atoms. The van der Waals surface area contributed by atoms with Gasteiger partial charge in [0.05, 0.1) is 23.1 Å². The van der Waals surface area contributed by atoms with Crippen LogP contribution in [0, 0.1) is 6.92 Å². The normalized spacial score (nSPS) is 13.1. The van der Waals surface area contributed by atoms with E-state index in [0.717, 1.165) is 0 Å². The number of amides is 3. The maximum atomic E-state index is 12.4. The van der Waals surface area contributed by atoms with Gasteiger partial charge in [0.1, 0.15) is 0 Å². The predicted octanol–water partition coefficient (Wildman–Crippen LogP) is 0.719. The van der Waals surface area contributed by atoms with Gasteiger partial charge in [-0.3, -0.25) is 14.4 Å². The molecule has 0 atom stereocenters. The predicted molar refractivity (Wildman–Crippen MR) is 80.8 cm³/mol. The minimum Gasteiger partial charge on any atom is -0.369 e. The van der Waals surface area contributed by atoms with Crippen molar-refractivity contribution in [3.05, 3.63) is 58.4 Å². The van der Waals surface area contributed by atoms with Crippen molar-refractivity contribution in [1.82, 2.24) is 10.0 Å². The molecule has 2 heterocycles. The third-order valence-corrected chi connectivity index (χ3v) is 3.65. The van der Waals surface area contributed by atoms with Crippen molar-refractivity contribution in [3.63, 3.8) is 0 Å². The first-order valence-corrected chi connectivity index (χ1v) is 7.05. The first kappa shape index (κ1) is 15.5. The number of hydrogen-bond donors (Lipinski definition) is 2. The highest BCUT2D eigenvalue weighted by molar-refractivity contribution is 6.21. The molecular formula is C16H13N3O5. The maximum Gasteiger partial charge on any atom is 0.366 e. The fourth-order valence-corrected chi connectivity index (χ4v) is 2.55. The van der Waals surface area contributed by atoms with Crippen molar-refractivity contribution >= 4 is 23.7 Å². The van der Waals surface area contributed by atoms with E-state index in [1.165, 1.54) is 18.3 Å². The van der Waals surface area contributed by atoms with Crippen molar-refractivity contribution < 1.29 is 24.0 Å². The number of fused-ring (bicyclic) bond motifs is 1. The molecule has 8 nitrogen and oxygen atoms in total. The summed E-state index contributed by atoms with van der Waals surface area (Å²) in [6.45, 7) is 1.62. The Kier molecular flexibility index (Phi) is 3.64. The molecule has 3 amide bonds. The zero-order valence-corrected chi connectivity index (χ0v) is 12.7. The summed E-state index contributed by atoms with van der Waals surface area (Å²) in [5.74, 6) is -2.98. The van der Waals surface area contributed by atoms with Crippen LogP contribution in [0.1, 0.15) is 42.3 Å². The number of nitrogens with two attached hydrogens (primary N) is 1. The summed E-state index contributed by atoms with van der Waals surface area (Å²) in [5.41, 5.74) is 6.32. The molecule has 122 valence electrons. The van der Waals surface area contributed by atoms with Crippen LogP contribution in [0.15, 0.2) is 30.5 Å². The number of benzene rings is 1. The molecule has 0 fully saturated rings. The zero-order chi connectivity index (χ0) is 17.4. The van der Waals surface area contributed by atoms with Gasteiger partial charge in [0.25, 0.3) is 11.8 Å². The first-order chi connectivity index (χ1) is 11.4. The Balaban J connectivity index is 1.87. The maximum absolute atomic E-state index is 12.4. The number of H-pyrrole nitrogens is 1. The Morgan fingerprint density at radius 3 is 2.29 bits per heavy atom. The molecule has 0 bridgehead atoms. The molecule has 0 spiro atoms. The summed E-state index contributed by atoms with van der Waals surface area (Å²) in [6, 6.07) is 6.17. The molecule has 3 rings (SSSR count). The fraction of sp³-hybridized carbons (Fsp3) is 0.125. The highest BCUT2D eigenvalue weighted by atomic mass is 16.7. The Hall–Kier alpha value is -3.42. The molecule has 1 aliphatic heterocycles. The average molecular weight is 327 g/mol.